The molecule has 96 valence electrons. The molecule has 0 radical (unpaired) electrons. The third kappa shape index (κ3) is 4.51. The van der Waals surface area contributed by atoms with Crippen LogP contribution in [0.4, 0.5) is 5.82 Å². The summed E-state index contributed by atoms with van der Waals surface area (Å²) in [5.41, 5.74) is 3.25. The van der Waals surface area contributed by atoms with Gasteiger partial charge in [-0.15, -0.1) is 0 Å². The average molecular weight is 242 g/mol. The number of aromatic nitrogens is 2. The van der Waals surface area contributed by atoms with Crippen molar-refractivity contribution in [3.8, 4) is 5.88 Å². The number of methoxy groups -OCH3 is 1. The first-order valence-electron chi connectivity index (χ1n) is 5.27. The molecular formula is C10H18N4O3. The molecule has 1 rings (SSSR count). The first kappa shape index (κ1) is 13.6. The van der Waals surface area contributed by atoms with Crippen LogP contribution in [0.15, 0.2) is 6.33 Å². The minimum absolute atomic E-state index is 0.422. The maximum atomic E-state index is 5.45. The molecule has 7 heteroatoms. The van der Waals surface area contributed by atoms with Crippen LogP contribution in [0.25, 0.3) is 0 Å². The van der Waals surface area contributed by atoms with Crippen molar-refractivity contribution in [2.75, 3.05) is 39.0 Å². The Kier molecular flexibility index (Phi) is 6.23. The van der Waals surface area contributed by atoms with E-state index < -0.39 is 0 Å². The van der Waals surface area contributed by atoms with Gasteiger partial charge < -0.3 is 19.6 Å². The summed E-state index contributed by atoms with van der Waals surface area (Å²) in [7, 11) is 1.63. The average Bonchev–Trinajstić information content (AvgIpc) is 2.35. The summed E-state index contributed by atoms with van der Waals surface area (Å²) in [5, 5.41) is 0. The maximum Gasteiger partial charge on any atom is 0.221 e. The molecule has 0 aliphatic heterocycles. The Morgan fingerprint density at radius 3 is 2.71 bits per heavy atom. The number of nitrogens with zero attached hydrogens (tertiary/aromatic N) is 2. The van der Waals surface area contributed by atoms with Crippen LogP contribution in [0, 0.1) is 6.92 Å². The highest BCUT2D eigenvalue weighted by Gasteiger charge is 2.06. The van der Waals surface area contributed by atoms with E-state index in [1.54, 1.807) is 7.11 Å². The summed E-state index contributed by atoms with van der Waals surface area (Å²) in [6, 6.07) is 0. The van der Waals surface area contributed by atoms with Gasteiger partial charge in [0.05, 0.1) is 25.4 Å². The number of nitrogen functional groups attached to an aromatic ring is 1. The van der Waals surface area contributed by atoms with Gasteiger partial charge in [0.1, 0.15) is 18.8 Å². The number of anilines is 1. The molecule has 0 bridgehead atoms. The Labute approximate surface area is 100 Å². The van der Waals surface area contributed by atoms with E-state index in [-0.39, 0.29) is 0 Å². The van der Waals surface area contributed by atoms with E-state index in [0.29, 0.717) is 38.1 Å². The molecule has 0 aliphatic carbocycles. The molecule has 0 aliphatic rings. The summed E-state index contributed by atoms with van der Waals surface area (Å²) in [5.74, 6) is 6.35. The van der Waals surface area contributed by atoms with E-state index in [9.17, 15) is 0 Å². The van der Waals surface area contributed by atoms with Gasteiger partial charge in [0.15, 0.2) is 0 Å². The number of rotatable bonds is 8. The topological polar surface area (TPSA) is 91.5 Å². The minimum Gasteiger partial charge on any atom is -0.475 e. The van der Waals surface area contributed by atoms with Crippen LogP contribution < -0.4 is 16.0 Å². The van der Waals surface area contributed by atoms with Gasteiger partial charge in [-0.25, -0.2) is 15.8 Å². The maximum absolute atomic E-state index is 5.45. The number of hydrogen-bond donors (Lipinski definition) is 2. The van der Waals surface area contributed by atoms with Gasteiger partial charge in [-0.2, -0.15) is 0 Å². The van der Waals surface area contributed by atoms with Crippen molar-refractivity contribution >= 4 is 5.82 Å². The summed E-state index contributed by atoms with van der Waals surface area (Å²) in [6.07, 6.45) is 1.39. The molecule has 0 fully saturated rings. The van der Waals surface area contributed by atoms with Gasteiger partial charge in [-0.1, -0.05) is 0 Å². The van der Waals surface area contributed by atoms with Crippen LogP contribution in [-0.4, -0.2) is 43.5 Å². The Morgan fingerprint density at radius 1 is 1.24 bits per heavy atom. The molecule has 0 unspecified atom stereocenters. The molecule has 3 N–H and O–H groups in total. The zero-order valence-electron chi connectivity index (χ0n) is 10.1. The van der Waals surface area contributed by atoms with Gasteiger partial charge in [-0.05, 0) is 6.92 Å². The monoisotopic (exact) mass is 242 g/mol. The molecule has 0 spiro atoms. The SMILES string of the molecule is COCCOCCOc1ncnc(NN)c1C. The first-order chi connectivity index (χ1) is 8.29. The van der Waals surface area contributed by atoms with Crippen molar-refractivity contribution in [2.45, 2.75) is 6.92 Å². The molecule has 0 saturated carbocycles. The number of nitrogens with one attached hydrogen (secondary N) is 1. The molecule has 17 heavy (non-hydrogen) atoms. The Bertz CT molecular complexity index is 335. The van der Waals surface area contributed by atoms with Crippen molar-refractivity contribution in [2.24, 2.45) is 5.84 Å². The highest BCUT2D eigenvalue weighted by molar-refractivity contribution is 5.46. The standard InChI is InChI=1S/C10H18N4O3/c1-8-9(14-11)12-7-13-10(8)17-6-5-16-4-3-15-2/h7H,3-6,11H2,1-2H3,(H,12,13,14). The normalized spacial score (nSPS) is 10.3. The summed E-state index contributed by atoms with van der Waals surface area (Å²) in [6.45, 7) is 3.87. The molecule has 0 aromatic carbocycles. The van der Waals surface area contributed by atoms with Gasteiger partial charge in [0.25, 0.3) is 0 Å². The van der Waals surface area contributed by atoms with Gasteiger partial charge in [0, 0.05) is 7.11 Å². The van der Waals surface area contributed by atoms with Crippen LogP contribution in [0.1, 0.15) is 5.56 Å². The second-order valence-corrected chi connectivity index (χ2v) is 3.25. The predicted octanol–water partition coefficient (Wildman–Crippen LogP) is 0.112. The quantitative estimate of drug-likeness (QED) is 0.380. The third-order valence-corrected chi connectivity index (χ3v) is 2.07. The Morgan fingerprint density at radius 2 is 2.00 bits per heavy atom. The van der Waals surface area contributed by atoms with E-state index in [2.05, 4.69) is 15.4 Å². The van der Waals surface area contributed by atoms with Crippen LogP contribution in [0.5, 0.6) is 5.88 Å². The van der Waals surface area contributed by atoms with E-state index in [1.807, 2.05) is 6.92 Å². The molecule has 0 saturated heterocycles. The highest BCUT2D eigenvalue weighted by Crippen LogP contribution is 2.18. The van der Waals surface area contributed by atoms with Crippen molar-refractivity contribution in [1.29, 1.82) is 0 Å². The van der Waals surface area contributed by atoms with Crippen LogP contribution in [0.2, 0.25) is 0 Å². The lowest BCUT2D eigenvalue weighted by Gasteiger charge is -2.10. The van der Waals surface area contributed by atoms with Gasteiger partial charge in [-0.3, -0.25) is 0 Å². The first-order valence-corrected chi connectivity index (χ1v) is 5.27. The van der Waals surface area contributed by atoms with E-state index in [0.717, 1.165) is 5.56 Å². The summed E-state index contributed by atoms with van der Waals surface area (Å²) in [4.78, 5) is 7.96. The summed E-state index contributed by atoms with van der Waals surface area (Å²) < 4.78 is 15.6. The molecule has 1 heterocycles. The van der Waals surface area contributed by atoms with Gasteiger partial charge >= 0.3 is 0 Å². The molecule has 1 aromatic heterocycles. The molecular weight excluding hydrogens is 224 g/mol. The van der Waals surface area contributed by atoms with Crippen LogP contribution >= 0.6 is 0 Å². The molecule has 7 nitrogen and oxygen atoms in total. The smallest absolute Gasteiger partial charge is 0.221 e. The third-order valence-electron chi connectivity index (χ3n) is 2.07. The second-order valence-electron chi connectivity index (χ2n) is 3.25. The lowest BCUT2D eigenvalue weighted by molar-refractivity contribution is 0.0535. The van der Waals surface area contributed by atoms with Crippen LogP contribution in [0.3, 0.4) is 0 Å². The fourth-order valence-electron chi connectivity index (χ4n) is 1.17. The van der Waals surface area contributed by atoms with Crippen LogP contribution in [-0.2, 0) is 9.47 Å². The number of hydrazine groups is 1. The van der Waals surface area contributed by atoms with Gasteiger partial charge in [0.2, 0.25) is 5.88 Å². The summed E-state index contributed by atoms with van der Waals surface area (Å²) >= 11 is 0. The largest absolute Gasteiger partial charge is 0.475 e. The zero-order chi connectivity index (χ0) is 12.5. The zero-order valence-corrected chi connectivity index (χ0v) is 10.1. The molecule has 0 atom stereocenters. The Hall–Kier alpha value is -1.44. The molecule has 0 amide bonds. The fraction of sp³-hybridized carbons (Fsp3) is 0.600. The number of ether oxygens (including phenoxy) is 3. The van der Waals surface area contributed by atoms with Crippen molar-refractivity contribution in [3.05, 3.63) is 11.9 Å². The number of hydrogen-bond acceptors (Lipinski definition) is 7. The van der Waals surface area contributed by atoms with E-state index >= 15 is 0 Å². The lowest BCUT2D eigenvalue weighted by Crippen LogP contribution is -2.14. The van der Waals surface area contributed by atoms with Crippen molar-refractivity contribution in [1.82, 2.24) is 9.97 Å². The predicted molar refractivity (Wildman–Crippen MR) is 62.8 cm³/mol. The number of nitrogens with two attached hydrogens (primary N) is 1. The second kappa shape index (κ2) is 7.77. The van der Waals surface area contributed by atoms with Crippen molar-refractivity contribution < 1.29 is 14.2 Å². The van der Waals surface area contributed by atoms with E-state index in [1.165, 1.54) is 6.33 Å². The fourth-order valence-corrected chi connectivity index (χ4v) is 1.17. The molecule has 1 aromatic rings. The van der Waals surface area contributed by atoms with Crippen molar-refractivity contribution in [3.63, 3.8) is 0 Å². The minimum atomic E-state index is 0.422. The highest BCUT2D eigenvalue weighted by atomic mass is 16.5. The lowest BCUT2D eigenvalue weighted by atomic mass is 10.3. The van der Waals surface area contributed by atoms with E-state index in [4.69, 9.17) is 20.1 Å². The Balaban J connectivity index is 2.31.